The molecular weight excluding hydrogens is 312 g/mol. The molecule has 20 heavy (non-hydrogen) atoms. The Balaban J connectivity index is 2.21. The van der Waals surface area contributed by atoms with Gasteiger partial charge in [-0.05, 0) is 37.1 Å². The first-order valence-corrected chi connectivity index (χ1v) is 7.32. The first kappa shape index (κ1) is 13.1. The number of nitrogens with zero attached hydrogens (tertiary/aromatic N) is 2. The molecule has 1 heterocycles. The number of benzene rings is 2. The first-order chi connectivity index (χ1) is 9.66. The molecule has 0 aliphatic carbocycles. The van der Waals surface area contributed by atoms with Crippen LogP contribution < -0.4 is 0 Å². The smallest absolute Gasteiger partial charge is 0.144 e. The highest BCUT2D eigenvalue weighted by atomic mass is 79.9. The van der Waals surface area contributed by atoms with Crippen molar-refractivity contribution in [3.8, 4) is 17.1 Å². The lowest BCUT2D eigenvalue weighted by Gasteiger charge is -2.14. The Labute approximate surface area is 127 Å². The molecule has 0 aliphatic heterocycles. The Morgan fingerprint density at radius 2 is 1.65 bits per heavy atom. The van der Waals surface area contributed by atoms with E-state index < -0.39 is 0 Å². The third-order valence-corrected chi connectivity index (χ3v) is 3.83. The van der Waals surface area contributed by atoms with E-state index in [1.54, 1.807) is 0 Å². The molecule has 2 nitrogen and oxygen atoms in total. The highest BCUT2D eigenvalue weighted by Crippen LogP contribution is 2.28. The van der Waals surface area contributed by atoms with Crippen LogP contribution in [0.5, 0.6) is 0 Å². The van der Waals surface area contributed by atoms with Gasteiger partial charge < -0.3 is 0 Å². The zero-order chi connectivity index (χ0) is 14.1. The van der Waals surface area contributed by atoms with Gasteiger partial charge in [0.1, 0.15) is 5.82 Å². The van der Waals surface area contributed by atoms with Gasteiger partial charge >= 0.3 is 0 Å². The molecule has 0 spiro atoms. The Morgan fingerprint density at radius 1 is 1.00 bits per heavy atom. The lowest BCUT2D eigenvalue weighted by Crippen LogP contribution is -2.01. The molecule has 0 saturated heterocycles. The van der Waals surface area contributed by atoms with E-state index in [2.05, 4.69) is 63.6 Å². The van der Waals surface area contributed by atoms with E-state index in [1.165, 1.54) is 16.8 Å². The van der Waals surface area contributed by atoms with E-state index in [4.69, 9.17) is 0 Å². The molecule has 3 aromatic rings. The molecule has 1 aromatic heterocycles. The summed E-state index contributed by atoms with van der Waals surface area (Å²) >= 11 is 3.55. The maximum Gasteiger partial charge on any atom is 0.144 e. The molecule has 0 bridgehead atoms. The molecule has 0 N–H and O–H groups in total. The van der Waals surface area contributed by atoms with Crippen LogP contribution in [-0.4, -0.2) is 9.55 Å². The fourth-order valence-electron chi connectivity index (χ4n) is 2.57. The van der Waals surface area contributed by atoms with Crippen molar-refractivity contribution in [2.45, 2.75) is 13.8 Å². The Bertz CT molecular complexity index is 722. The highest BCUT2D eigenvalue weighted by molar-refractivity contribution is 9.10. The quantitative estimate of drug-likeness (QED) is 0.653. The largest absolute Gasteiger partial charge is 0.299 e. The summed E-state index contributed by atoms with van der Waals surface area (Å²) in [5.41, 5.74) is 4.78. The summed E-state index contributed by atoms with van der Waals surface area (Å²) in [6.45, 7) is 4.25. The zero-order valence-electron chi connectivity index (χ0n) is 11.5. The predicted molar refractivity (Wildman–Crippen MR) is 86.2 cm³/mol. The van der Waals surface area contributed by atoms with Gasteiger partial charge in [0.05, 0.1) is 5.69 Å². The van der Waals surface area contributed by atoms with Crippen LogP contribution in [0.15, 0.2) is 59.3 Å². The topological polar surface area (TPSA) is 17.8 Å². The maximum absolute atomic E-state index is 4.52. The number of rotatable bonds is 2. The first-order valence-electron chi connectivity index (χ1n) is 6.52. The fraction of sp³-hybridized carbons (Fsp3) is 0.118. The zero-order valence-corrected chi connectivity index (χ0v) is 13.1. The van der Waals surface area contributed by atoms with Crippen LogP contribution >= 0.6 is 15.9 Å². The van der Waals surface area contributed by atoms with Crippen LogP contribution in [0.2, 0.25) is 0 Å². The van der Waals surface area contributed by atoms with Gasteiger partial charge in [0, 0.05) is 22.4 Å². The van der Waals surface area contributed by atoms with Gasteiger partial charge in [-0.1, -0.05) is 46.3 Å². The number of aryl methyl sites for hydroxylation is 2. The second-order valence-corrected chi connectivity index (χ2v) is 5.79. The van der Waals surface area contributed by atoms with Crippen LogP contribution in [-0.2, 0) is 0 Å². The molecular formula is C17H15BrN2. The fourth-order valence-corrected chi connectivity index (χ4v) is 3.25. The molecule has 3 heteroatoms. The molecule has 0 saturated carbocycles. The molecule has 3 rings (SSSR count). The summed E-state index contributed by atoms with van der Waals surface area (Å²) in [5.74, 6) is 0.971. The number of hydrogen-bond acceptors (Lipinski definition) is 1. The van der Waals surface area contributed by atoms with Gasteiger partial charge in [0.2, 0.25) is 0 Å². The van der Waals surface area contributed by atoms with Crippen LogP contribution in [0.1, 0.15) is 11.1 Å². The van der Waals surface area contributed by atoms with Gasteiger partial charge in [-0.2, -0.15) is 0 Å². The number of imidazole rings is 1. The molecule has 0 unspecified atom stereocenters. The van der Waals surface area contributed by atoms with E-state index >= 15 is 0 Å². The van der Waals surface area contributed by atoms with Crippen molar-refractivity contribution in [3.63, 3.8) is 0 Å². The van der Waals surface area contributed by atoms with Crippen LogP contribution in [0.4, 0.5) is 0 Å². The SMILES string of the molecule is Cc1cc(Br)cc(C)c1-n1ccnc1-c1ccccc1. The van der Waals surface area contributed by atoms with Crippen molar-refractivity contribution < 1.29 is 0 Å². The van der Waals surface area contributed by atoms with Gasteiger partial charge in [-0.3, -0.25) is 4.57 Å². The van der Waals surface area contributed by atoms with Gasteiger partial charge in [0.15, 0.2) is 0 Å². The Morgan fingerprint density at radius 3 is 2.30 bits per heavy atom. The van der Waals surface area contributed by atoms with Crippen molar-refractivity contribution in [2.24, 2.45) is 0 Å². The number of aromatic nitrogens is 2. The summed E-state index contributed by atoms with van der Waals surface area (Å²) in [6.07, 6.45) is 3.87. The number of halogens is 1. The Hall–Kier alpha value is -1.87. The summed E-state index contributed by atoms with van der Waals surface area (Å²) in [7, 11) is 0. The minimum Gasteiger partial charge on any atom is -0.299 e. The highest BCUT2D eigenvalue weighted by Gasteiger charge is 2.12. The van der Waals surface area contributed by atoms with E-state index in [-0.39, 0.29) is 0 Å². The lowest BCUT2D eigenvalue weighted by molar-refractivity contribution is 1.03. The summed E-state index contributed by atoms with van der Waals surface area (Å²) in [4.78, 5) is 4.52. The van der Waals surface area contributed by atoms with Crippen molar-refractivity contribution >= 4 is 15.9 Å². The minimum atomic E-state index is 0.971. The molecule has 0 amide bonds. The van der Waals surface area contributed by atoms with Gasteiger partial charge in [-0.25, -0.2) is 4.98 Å². The second kappa shape index (κ2) is 5.25. The van der Waals surface area contributed by atoms with Gasteiger partial charge in [-0.15, -0.1) is 0 Å². The van der Waals surface area contributed by atoms with Crippen LogP contribution in [0.25, 0.3) is 17.1 Å². The van der Waals surface area contributed by atoms with Gasteiger partial charge in [0.25, 0.3) is 0 Å². The third-order valence-electron chi connectivity index (χ3n) is 3.37. The monoisotopic (exact) mass is 326 g/mol. The normalized spacial score (nSPS) is 10.8. The molecule has 0 radical (unpaired) electrons. The van der Waals surface area contributed by atoms with Crippen molar-refractivity contribution in [1.29, 1.82) is 0 Å². The average molecular weight is 327 g/mol. The van der Waals surface area contributed by atoms with Crippen LogP contribution in [0.3, 0.4) is 0 Å². The molecule has 0 fully saturated rings. The minimum absolute atomic E-state index is 0.971. The van der Waals surface area contributed by atoms with E-state index in [9.17, 15) is 0 Å². The molecule has 2 aromatic carbocycles. The molecule has 0 aliphatic rings. The summed E-state index contributed by atoms with van der Waals surface area (Å²) in [6, 6.07) is 14.5. The number of hydrogen-bond donors (Lipinski definition) is 0. The molecule has 0 atom stereocenters. The predicted octanol–water partition coefficient (Wildman–Crippen LogP) is 4.92. The van der Waals surface area contributed by atoms with E-state index in [1.807, 2.05) is 30.6 Å². The average Bonchev–Trinajstić information content (AvgIpc) is 2.87. The Kier molecular flexibility index (Phi) is 3.45. The summed E-state index contributed by atoms with van der Waals surface area (Å²) in [5, 5.41) is 0. The van der Waals surface area contributed by atoms with Crippen molar-refractivity contribution in [3.05, 3.63) is 70.5 Å². The van der Waals surface area contributed by atoms with Crippen molar-refractivity contribution in [2.75, 3.05) is 0 Å². The molecule has 100 valence electrons. The van der Waals surface area contributed by atoms with Crippen LogP contribution in [0, 0.1) is 13.8 Å². The van der Waals surface area contributed by atoms with E-state index in [0.717, 1.165) is 15.9 Å². The standard InChI is InChI=1S/C17H15BrN2/c1-12-10-15(18)11-13(2)16(12)20-9-8-19-17(20)14-6-4-3-5-7-14/h3-11H,1-2H3. The third kappa shape index (κ3) is 2.29. The lowest BCUT2D eigenvalue weighted by atomic mass is 10.1. The van der Waals surface area contributed by atoms with Crippen molar-refractivity contribution in [1.82, 2.24) is 9.55 Å². The van der Waals surface area contributed by atoms with E-state index in [0.29, 0.717) is 0 Å². The summed E-state index contributed by atoms with van der Waals surface area (Å²) < 4.78 is 3.27. The maximum atomic E-state index is 4.52. The second-order valence-electron chi connectivity index (χ2n) is 4.88.